The molecule has 0 unspecified atom stereocenters. The van der Waals surface area contributed by atoms with Gasteiger partial charge in [0.1, 0.15) is 0 Å². The van der Waals surface area contributed by atoms with Crippen LogP contribution in [0.1, 0.15) is 0 Å². The number of rotatable bonds is 4. The monoisotopic (exact) mass is 666 g/mol. The predicted octanol–water partition coefficient (Wildman–Crippen LogP) is 13.6. The maximum Gasteiger partial charge on any atom is 0.0555 e. The van der Waals surface area contributed by atoms with Crippen LogP contribution in [0.2, 0.25) is 0 Å². The molecule has 0 saturated carbocycles. The second-order valence-corrected chi connectivity index (χ2v) is 14.5. The van der Waals surface area contributed by atoms with Gasteiger partial charge in [0.15, 0.2) is 0 Å². The molecule has 3 heteroatoms. The van der Waals surface area contributed by atoms with Crippen LogP contribution in [0.15, 0.2) is 182 Å². The summed E-state index contributed by atoms with van der Waals surface area (Å²) in [6.07, 6.45) is 0. The summed E-state index contributed by atoms with van der Waals surface area (Å²) in [6.45, 7) is 0. The number of hydrogen-bond acceptors (Lipinski definition) is 1. The maximum absolute atomic E-state index is 2.44. The summed E-state index contributed by atoms with van der Waals surface area (Å²) in [6, 6.07) is 66.6. The standard InChI is InChI=1S/C48H30N2S/c1-3-12-31(13-4-1)33-22-24-35(25-23-33)49-43-20-9-7-18-37(43)39-27-41-42-28-40-38-19-8-10-21-44(38)50(46(40)30-48(42)51-47(41)29-45(39)49)36-17-11-16-34(26-36)32-14-5-2-6-15-32/h1-30H. The third-order valence-corrected chi connectivity index (χ3v) is 11.6. The smallest absolute Gasteiger partial charge is 0.0555 e. The number of nitrogens with zero attached hydrogens (tertiary/aromatic N) is 2. The number of benzene rings is 8. The molecule has 11 aromatic rings. The zero-order valence-electron chi connectivity index (χ0n) is 27.6. The van der Waals surface area contributed by atoms with Crippen molar-refractivity contribution in [1.29, 1.82) is 0 Å². The van der Waals surface area contributed by atoms with E-state index in [9.17, 15) is 0 Å². The Bertz CT molecular complexity index is 3110. The van der Waals surface area contributed by atoms with E-state index < -0.39 is 0 Å². The van der Waals surface area contributed by atoms with E-state index in [1.165, 1.54) is 97.4 Å². The van der Waals surface area contributed by atoms with Crippen molar-refractivity contribution >= 4 is 75.1 Å². The van der Waals surface area contributed by atoms with Crippen molar-refractivity contribution in [1.82, 2.24) is 9.13 Å². The maximum atomic E-state index is 2.44. The summed E-state index contributed by atoms with van der Waals surface area (Å²) in [5.74, 6) is 0. The molecule has 0 saturated heterocycles. The van der Waals surface area contributed by atoms with Crippen molar-refractivity contribution in [2.75, 3.05) is 0 Å². The molecule has 0 radical (unpaired) electrons. The highest BCUT2D eigenvalue weighted by Gasteiger charge is 2.19. The first-order valence-electron chi connectivity index (χ1n) is 17.4. The first-order valence-corrected chi connectivity index (χ1v) is 18.2. The molecule has 238 valence electrons. The lowest BCUT2D eigenvalue weighted by Gasteiger charge is -2.10. The van der Waals surface area contributed by atoms with Crippen LogP contribution < -0.4 is 0 Å². The van der Waals surface area contributed by atoms with Gasteiger partial charge in [-0.1, -0.05) is 121 Å². The Kier molecular flexibility index (Phi) is 6.16. The van der Waals surface area contributed by atoms with E-state index >= 15 is 0 Å². The van der Waals surface area contributed by atoms with E-state index in [0.717, 1.165) is 0 Å². The summed E-state index contributed by atoms with van der Waals surface area (Å²) < 4.78 is 7.48. The summed E-state index contributed by atoms with van der Waals surface area (Å²) >= 11 is 1.89. The quantitative estimate of drug-likeness (QED) is 0.177. The molecule has 3 aromatic heterocycles. The van der Waals surface area contributed by atoms with E-state index in [-0.39, 0.29) is 0 Å². The minimum Gasteiger partial charge on any atom is -0.309 e. The first-order chi connectivity index (χ1) is 25.3. The molecule has 0 fully saturated rings. The van der Waals surface area contributed by atoms with Crippen molar-refractivity contribution in [3.8, 4) is 33.6 Å². The highest BCUT2D eigenvalue weighted by Crippen LogP contribution is 2.44. The lowest BCUT2D eigenvalue weighted by Crippen LogP contribution is -1.94. The van der Waals surface area contributed by atoms with Gasteiger partial charge in [0.2, 0.25) is 0 Å². The van der Waals surface area contributed by atoms with Crippen LogP contribution in [-0.4, -0.2) is 9.13 Å². The Labute approximate surface area is 298 Å². The number of fused-ring (bicyclic) bond motifs is 9. The van der Waals surface area contributed by atoms with Gasteiger partial charge in [-0.25, -0.2) is 0 Å². The molecule has 0 N–H and O–H groups in total. The summed E-state index contributed by atoms with van der Waals surface area (Å²) in [4.78, 5) is 0. The largest absolute Gasteiger partial charge is 0.309 e. The molecule has 51 heavy (non-hydrogen) atoms. The van der Waals surface area contributed by atoms with E-state index in [1.807, 2.05) is 11.3 Å². The SMILES string of the molecule is c1ccc(-c2ccc(-n3c4ccccc4c4cc5c(cc43)sc3cc4c(cc35)c3ccccc3n4-c3cccc(-c4ccccc4)c3)cc2)cc1. The lowest BCUT2D eigenvalue weighted by molar-refractivity contribution is 1.18. The third kappa shape index (κ3) is 4.35. The fourth-order valence-electron chi connectivity index (χ4n) is 8.15. The van der Waals surface area contributed by atoms with Crippen LogP contribution in [0, 0.1) is 0 Å². The van der Waals surface area contributed by atoms with Gasteiger partial charge in [-0.2, -0.15) is 0 Å². The minimum absolute atomic E-state index is 1.17. The van der Waals surface area contributed by atoms with E-state index in [0.29, 0.717) is 0 Å². The van der Waals surface area contributed by atoms with Gasteiger partial charge >= 0.3 is 0 Å². The van der Waals surface area contributed by atoms with E-state index in [2.05, 4.69) is 191 Å². The molecule has 0 atom stereocenters. The number of thiophene rings is 1. The molecule has 8 aromatic carbocycles. The zero-order valence-corrected chi connectivity index (χ0v) is 28.4. The minimum atomic E-state index is 1.17. The molecule has 11 rings (SSSR count). The van der Waals surface area contributed by atoms with Gasteiger partial charge < -0.3 is 9.13 Å². The predicted molar refractivity (Wildman–Crippen MR) is 219 cm³/mol. The van der Waals surface area contributed by atoms with Crippen LogP contribution in [0.5, 0.6) is 0 Å². The fourth-order valence-corrected chi connectivity index (χ4v) is 9.28. The Balaban J connectivity index is 1.13. The summed E-state index contributed by atoms with van der Waals surface area (Å²) in [5.41, 5.74) is 12.2. The van der Waals surface area contributed by atoms with Crippen molar-refractivity contribution < 1.29 is 0 Å². The summed E-state index contributed by atoms with van der Waals surface area (Å²) in [5, 5.41) is 7.74. The molecule has 3 heterocycles. The number of hydrogen-bond donors (Lipinski definition) is 0. The van der Waals surface area contributed by atoms with Crippen molar-refractivity contribution in [3.05, 3.63) is 182 Å². The van der Waals surface area contributed by atoms with Gasteiger partial charge in [-0.3, -0.25) is 0 Å². The lowest BCUT2D eigenvalue weighted by atomic mass is 10.0. The van der Waals surface area contributed by atoms with Crippen LogP contribution in [0.3, 0.4) is 0 Å². The molecular weight excluding hydrogens is 637 g/mol. The van der Waals surface area contributed by atoms with Crippen LogP contribution >= 0.6 is 11.3 Å². The average Bonchev–Trinajstić information content (AvgIpc) is 3.83. The zero-order chi connectivity index (χ0) is 33.5. The first kappa shape index (κ1) is 28.4. The van der Waals surface area contributed by atoms with Gasteiger partial charge in [-0.05, 0) is 82.9 Å². The average molecular weight is 667 g/mol. The van der Waals surface area contributed by atoms with Crippen LogP contribution in [-0.2, 0) is 0 Å². The molecule has 2 nitrogen and oxygen atoms in total. The Morgan fingerprint density at radius 3 is 1.33 bits per heavy atom. The van der Waals surface area contributed by atoms with Gasteiger partial charge in [0.05, 0.1) is 22.1 Å². The number of para-hydroxylation sites is 2. The molecule has 0 amide bonds. The highest BCUT2D eigenvalue weighted by atomic mass is 32.1. The summed E-state index contributed by atoms with van der Waals surface area (Å²) in [7, 11) is 0. The molecule has 0 spiro atoms. The van der Waals surface area contributed by atoms with Crippen molar-refractivity contribution in [2.45, 2.75) is 0 Å². The Morgan fingerprint density at radius 2 is 0.745 bits per heavy atom. The number of aromatic nitrogens is 2. The Morgan fingerprint density at radius 1 is 0.275 bits per heavy atom. The van der Waals surface area contributed by atoms with Gasteiger partial charge in [0.25, 0.3) is 0 Å². The van der Waals surface area contributed by atoms with Crippen LogP contribution in [0.25, 0.3) is 97.4 Å². The fraction of sp³-hybridized carbons (Fsp3) is 0. The van der Waals surface area contributed by atoms with E-state index in [4.69, 9.17) is 0 Å². The molecule has 0 aliphatic carbocycles. The second kappa shape index (κ2) is 11.0. The normalized spacial score (nSPS) is 11.9. The van der Waals surface area contributed by atoms with E-state index in [1.54, 1.807) is 0 Å². The molecule has 0 aliphatic rings. The second-order valence-electron chi connectivity index (χ2n) is 13.4. The molecule has 0 bridgehead atoms. The molecule has 0 aliphatic heterocycles. The topological polar surface area (TPSA) is 9.86 Å². The van der Waals surface area contributed by atoms with Crippen LogP contribution in [0.4, 0.5) is 0 Å². The van der Waals surface area contributed by atoms with Crippen molar-refractivity contribution in [2.24, 2.45) is 0 Å². The van der Waals surface area contributed by atoms with Crippen molar-refractivity contribution in [3.63, 3.8) is 0 Å². The third-order valence-electron chi connectivity index (χ3n) is 10.5. The van der Waals surface area contributed by atoms with Gasteiger partial charge in [0, 0.05) is 53.1 Å². The van der Waals surface area contributed by atoms with Gasteiger partial charge in [-0.15, -0.1) is 11.3 Å². The Hall–Kier alpha value is -6.42. The molecular formula is C48H30N2S. The highest BCUT2D eigenvalue weighted by molar-refractivity contribution is 7.26.